The van der Waals surface area contributed by atoms with Crippen LogP contribution in [0.15, 0.2) is 35.1 Å². The SMILES string of the molecule is O=C(NC1CC(CCN2CCN(c3cccc(Cl)c3Cl)CC2)C1)c1ccon1. The Balaban J connectivity index is 1.15. The average Bonchev–Trinajstić information content (AvgIpc) is 3.21. The van der Waals surface area contributed by atoms with E-state index in [-0.39, 0.29) is 11.9 Å². The Labute approximate surface area is 174 Å². The number of carbonyl (C=O) groups excluding carboxylic acids is 1. The molecule has 1 aliphatic heterocycles. The molecule has 1 aliphatic carbocycles. The monoisotopic (exact) mass is 422 g/mol. The molecule has 1 N–H and O–H groups in total. The predicted octanol–water partition coefficient (Wildman–Crippen LogP) is 3.70. The van der Waals surface area contributed by atoms with Crippen LogP contribution < -0.4 is 10.2 Å². The van der Waals surface area contributed by atoms with Gasteiger partial charge < -0.3 is 14.7 Å². The number of carbonyl (C=O) groups is 1. The predicted molar refractivity (Wildman–Crippen MR) is 110 cm³/mol. The van der Waals surface area contributed by atoms with Crippen LogP contribution >= 0.6 is 23.2 Å². The molecule has 1 saturated carbocycles. The van der Waals surface area contributed by atoms with Gasteiger partial charge in [0.25, 0.3) is 5.91 Å². The van der Waals surface area contributed by atoms with Gasteiger partial charge in [0.05, 0.1) is 15.7 Å². The molecule has 2 heterocycles. The first kappa shape index (κ1) is 19.6. The van der Waals surface area contributed by atoms with Crippen LogP contribution in [-0.2, 0) is 0 Å². The normalized spacial score (nSPS) is 22.7. The molecule has 0 atom stereocenters. The van der Waals surface area contributed by atoms with Crippen LogP contribution in [0.2, 0.25) is 10.0 Å². The Morgan fingerprint density at radius 3 is 2.68 bits per heavy atom. The van der Waals surface area contributed by atoms with Gasteiger partial charge in [-0.05, 0) is 43.9 Å². The van der Waals surface area contributed by atoms with E-state index in [1.54, 1.807) is 6.07 Å². The van der Waals surface area contributed by atoms with Crippen LogP contribution in [0, 0.1) is 5.92 Å². The molecule has 2 aliphatic rings. The summed E-state index contributed by atoms with van der Waals surface area (Å²) in [4.78, 5) is 16.8. The molecule has 0 radical (unpaired) electrons. The van der Waals surface area contributed by atoms with Crippen molar-refractivity contribution in [1.82, 2.24) is 15.4 Å². The summed E-state index contributed by atoms with van der Waals surface area (Å²) in [6.07, 6.45) is 4.68. The van der Waals surface area contributed by atoms with Crippen molar-refractivity contribution in [3.05, 3.63) is 46.3 Å². The summed E-state index contributed by atoms with van der Waals surface area (Å²) in [6, 6.07) is 7.65. The molecule has 4 rings (SSSR count). The van der Waals surface area contributed by atoms with E-state index in [1.165, 1.54) is 12.7 Å². The summed E-state index contributed by atoms with van der Waals surface area (Å²) in [6.45, 7) is 5.08. The van der Waals surface area contributed by atoms with Crippen LogP contribution in [0.3, 0.4) is 0 Å². The first-order valence-electron chi connectivity index (χ1n) is 9.72. The van der Waals surface area contributed by atoms with Crippen LogP contribution in [0.1, 0.15) is 29.8 Å². The van der Waals surface area contributed by atoms with Gasteiger partial charge in [0.15, 0.2) is 5.69 Å². The molecule has 2 fully saturated rings. The van der Waals surface area contributed by atoms with Gasteiger partial charge in [-0.15, -0.1) is 0 Å². The molecule has 150 valence electrons. The van der Waals surface area contributed by atoms with Gasteiger partial charge in [-0.2, -0.15) is 0 Å². The highest BCUT2D eigenvalue weighted by molar-refractivity contribution is 6.43. The van der Waals surface area contributed by atoms with Crippen molar-refractivity contribution in [2.24, 2.45) is 5.92 Å². The highest BCUT2D eigenvalue weighted by Crippen LogP contribution is 2.33. The summed E-state index contributed by atoms with van der Waals surface area (Å²) in [7, 11) is 0. The molecule has 28 heavy (non-hydrogen) atoms. The van der Waals surface area contributed by atoms with Gasteiger partial charge in [-0.3, -0.25) is 9.69 Å². The minimum atomic E-state index is -0.145. The van der Waals surface area contributed by atoms with Gasteiger partial charge >= 0.3 is 0 Å². The largest absolute Gasteiger partial charge is 0.368 e. The van der Waals surface area contributed by atoms with Gasteiger partial charge in [0, 0.05) is 38.3 Å². The number of piperazine rings is 1. The van der Waals surface area contributed by atoms with Crippen molar-refractivity contribution in [3.63, 3.8) is 0 Å². The van der Waals surface area contributed by atoms with Crippen LogP contribution in [0.5, 0.6) is 0 Å². The fourth-order valence-electron chi connectivity index (χ4n) is 3.99. The number of nitrogens with one attached hydrogen (secondary N) is 1. The molecule has 1 amide bonds. The van der Waals surface area contributed by atoms with Gasteiger partial charge in [0.2, 0.25) is 0 Å². The van der Waals surface area contributed by atoms with Crippen molar-refractivity contribution in [3.8, 4) is 0 Å². The maximum atomic E-state index is 11.9. The van der Waals surface area contributed by atoms with Crippen molar-refractivity contribution >= 4 is 34.8 Å². The molecule has 1 saturated heterocycles. The smallest absolute Gasteiger partial charge is 0.273 e. The lowest BCUT2D eigenvalue weighted by molar-refractivity contribution is 0.0868. The number of rotatable bonds is 6. The summed E-state index contributed by atoms with van der Waals surface area (Å²) < 4.78 is 4.71. The molecule has 1 aromatic carbocycles. The molecular weight excluding hydrogens is 399 g/mol. The molecule has 1 aromatic heterocycles. The Morgan fingerprint density at radius 1 is 1.18 bits per heavy atom. The zero-order valence-corrected chi connectivity index (χ0v) is 17.1. The lowest BCUT2D eigenvalue weighted by Gasteiger charge is -2.39. The van der Waals surface area contributed by atoms with Crippen LogP contribution in [-0.4, -0.2) is 54.7 Å². The lowest BCUT2D eigenvalue weighted by Crippen LogP contribution is -2.48. The molecule has 2 aromatic rings. The highest BCUT2D eigenvalue weighted by Gasteiger charge is 2.31. The number of amides is 1. The topological polar surface area (TPSA) is 61.6 Å². The summed E-state index contributed by atoms with van der Waals surface area (Å²) >= 11 is 12.5. The fraction of sp³-hybridized carbons (Fsp3) is 0.500. The molecule has 0 unspecified atom stereocenters. The minimum Gasteiger partial charge on any atom is -0.368 e. The van der Waals surface area contributed by atoms with Gasteiger partial charge in [0.1, 0.15) is 6.26 Å². The second-order valence-electron chi connectivity index (χ2n) is 7.58. The van der Waals surface area contributed by atoms with Crippen LogP contribution in [0.4, 0.5) is 5.69 Å². The first-order valence-corrected chi connectivity index (χ1v) is 10.5. The van der Waals surface area contributed by atoms with E-state index in [0.717, 1.165) is 51.3 Å². The molecule has 0 bridgehead atoms. The van der Waals surface area contributed by atoms with Crippen molar-refractivity contribution in [1.29, 1.82) is 0 Å². The number of hydrogen-bond acceptors (Lipinski definition) is 5. The van der Waals surface area contributed by atoms with Crippen LogP contribution in [0.25, 0.3) is 0 Å². The Hall–Kier alpha value is -1.76. The zero-order chi connectivity index (χ0) is 19.5. The first-order chi connectivity index (χ1) is 13.6. The number of hydrogen-bond donors (Lipinski definition) is 1. The standard InChI is InChI=1S/C20H24Cl2N4O2/c21-16-2-1-3-18(19(16)22)26-9-7-25(8-10-26)6-4-14-12-15(13-14)23-20(27)17-5-11-28-24-17/h1-3,5,11,14-15H,4,6-10,12-13H2,(H,23,27). The lowest BCUT2D eigenvalue weighted by atomic mass is 9.78. The second kappa shape index (κ2) is 8.72. The van der Waals surface area contributed by atoms with E-state index in [9.17, 15) is 4.79 Å². The van der Waals surface area contributed by atoms with E-state index < -0.39 is 0 Å². The van der Waals surface area contributed by atoms with Gasteiger partial charge in [-0.25, -0.2) is 0 Å². The maximum absolute atomic E-state index is 11.9. The molecule has 8 heteroatoms. The Morgan fingerprint density at radius 2 is 1.96 bits per heavy atom. The second-order valence-corrected chi connectivity index (χ2v) is 8.37. The number of aromatic nitrogens is 1. The molecule has 0 spiro atoms. The summed E-state index contributed by atoms with van der Waals surface area (Å²) in [5, 5.41) is 7.94. The number of halogens is 2. The zero-order valence-electron chi connectivity index (χ0n) is 15.6. The number of nitrogens with zero attached hydrogens (tertiary/aromatic N) is 3. The highest BCUT2D eigenvalue weighted by atomic mass is 35.5. The van der Waals surface area contributed by atoms with Crippen molar-refractivity contribution < 1.29 is 9.32 Å². The Kier molecular flexibility index (Phi) is 6.09. The third kappa shape index (κ3) is 4.45. The molecular formula is C20H24Cl2N4O2. The summed E-state index contributed by atoms with van der Waals surface area (Å²) in [5.41, 5.74) is 1.37. The van der Waals surface area contributed by atoms with E-state index >= 15 is 0 Å². The average molecular weight is 423 g/mol. The van der Waals surface area contributed by atoms with E-state index in [1.807, 2.05) is 18.2 Å². The number of anilines is 1. The third-order valence-corrected chi connectivity index (χ3v) is 6.55. The van der Waals surface area contributed by atoms with Gasteiger partial charge in [-0.1, -0.05) is 34.4 Å². The van der Waals surface area contributed by atoms with E-state index in [2.05, 4.69) is 20.3 Å². The maximum Gasteiger partial charge on any atom is 0.273 e. The minimum absolute atomic E-state index is 0.145. The summed E-state index contributed by atoms with van der Waals surface area (Å²) in [5.74, 6) is 0.538. The third-order valence-electron chi connectivity index (χ3n) is 5.74. The van der Waals surface area contributed by atoms with Crippen molar-refractivity contribution in [2.45, 2.75) is 25.3 Å². The quantitative estimate of drug-likeness (QED) is 0.768. The fourth-order valence-corrected chi connectivity index (χ4v) is 4.41. The van der Waals surface area contributed by atoms with E-state index in [0.29, 0.717) is 21.7 Å². The van der Waals surface area contributed by atoms with Crippen molar-refractivity contribution in [2.75, 3.05) is 37.6 Å². The number of benzene rings is 1. The Bertz CT molecular complexity index is 801. The van der Waals surface area contributed by atoms with E-state index in [4.69, 9.17) is 27.7 Å². The molecule has 6 nitrogen and oxygen atoms in total.